The maximum Gasteiger partial charge on any atom is 0.407 e. The fourth-order valence-corrected chi connectivity index (χ4v) is 6.27. The van der Waals surface area contributed by atoms with Gasteiger partial charge in [-0.2, -0.15) is 0 Å². The van der Waals surface area contributed by atoms with Crippen molar-refractivity contribution in [2.45, 2.75) is 44.9 Å². The van der Waals surface area contributed by atoms with E-state index in [0.29, 0.717) is 37.6 Å². The van der Waals surface area contributed by atoms with Gasteiger partial charge in [0.15, 0.2) is 0 Å². The van der Waals surface area contributed by atoms with Gasteiger partial charge in [-0.15, -0.1) is 0 Å². The summed E-state index contributed by atoms with van der Waals surface area (Å²) in [5, 5.41) is 10.6. The molecule has 4 aromatic rings. The minimum absolute atomic E-state index is 0.0156. The van der Waals surface area contributed by atoms with Gasteiger partial charge in [0.05, 0.1) is 11.0 Å². The highest BCUT2D eigenvalue weighted by Gasteiger charge is 2.40. The summed E-state index contributed by atoms with van der Waals surface area (Å²) in [7, 11) is 0. The van der Waals surface area contributed by atoms with Crippen LogP contribution in [0.3, 0.4) is 0 Å². The molecule has 198 valence electrons. The van der Waals surface area contributed by atoms with E-state index in [2.05, 4.69) is 35.0 Å². The van der Waals surface area contributed by atoms with Crippen molar-refractivity contribution in [3.63, 3.8) is 0 Å². The van der Waals surface area contributed by atoms with Crippen molar-refractivity contribution >= 4 is 28.7 Å². The summed E-state index contributed by atoms with van der Waals surface area (Å²) in [6.07, 6.45) is 0.462. The largest absolute Gasteiger partial charge is 0.465 e. The Bertz CT molecular complexity index is 1450. The first kappa shape index (κ1) is 26.1. The Kier molecular flexibility index (Phi) is 7.86. The SMILES string of the molecule is CCC(C1CN(C(=O)O)CCC1n1c(=O)[nH]c2ccccc21)N(Cc1ccccc1)Cc1cccc(Cl)c1. The molecule has 1 aliphatic rings. The number of likely N-dealkylation sites (tertiary alicyclic amines) is 1. The molecule has 0 saturated carbocycles. The van der Waals surface area contributed by atoms with Gasteiger partial charge in [0.2, 0.25) is 0 Å². The van der Waals surface area contributed by atoms with E-state index in [1.807, 2.05) is 65.2 Å². The number of rotatable bonds is 8. The average molecular weight is 533 g/mol. The van der Waals surface area contributed by atoms with Crippen LogP contribution >= 0.6 is 11.6 Å². The van der Waals surface area contributed by atoms with E-state index in [0.717, 1.165) is 23.0 Å². The number of aromatic nitrogens is 2. The van der Waals surface area contributed by atoms with Crippen molar-refractivity contribution < 1.29 is 9.90 Å². The fraction of sp³-hybridized carbons (Fsp3) is 0.333. The third kappa shape index (κ3) is 5.49. The smallest absolute Gasteiger partial charge is 0.407 e. The number of hydrogen-bond acceptors (Lipinski definition) is 3. The minimum atomic E-state index is -0.918. The number of aromatic amines is 1. The van der Waals surface area contributed by atoms with Crippen LogP contribution in [0.15, 0.2) is 83.7 Å². The molecule has 1 amide bonds. The fourth-order valence-electron chi connectivity index (χ4n) is 6.06. The number of fused-ring (bicyclic) bond motifs is 1. The number of H-pyrrole nitrogens is 1. The molecule has 1 saturated heterocycles. The average Bonchev–Trinajstić information content (AvgIpc) is 3.25. The van der Waals surface area contributed by atoms with E-state index in [4.69, 9.17) is 11.6 Å². The Morgan fingerprint density at radius 3 is 2.50 bits per heavy atom. The molecule has 2 N–H and O–H groups in total. The van der Waals surface area contributed by atoms with E-state index >= 15 is 0 Å². The summed E-state index contributed by atoms with van der Waals surface area (Å²) >= 11 is 6.34. The number of carbonyl (C=O) groups is 1. The van der Waals surface area contributed by atoms with E-state index in [1.54, 1.807) is 0 Å². The molecule has 2 heterocycles. The van der Waals surface area contributed by atoms with Crippen LogP contribution < -0.4 is 5.69 Å². The second kappa shape index (κ2) is 11.5. The quantitative estimate of drug-likeness (QED) is 0.291. The number of para-hydroxylation sites is 2. The molecule has 3 atom stereocenters. The third-order valence-electron chi connectivity index (χ3n) is 7.73. The number of amides is 1. The highest BCUT2D eigenvalue weighted by Crippen LogP contribution is 2.36. The first-order valence-corrected chi connectivity index (χ1v) is 13.5. The van der Waals surface area contributed by atoms with E-state index in [-0.39, 0.29) is 23.7 Å². The molecule has 3 unspecified atom stereocenters. The second-order valence-electron chi connectivity index (χ2n) is 10.1. The summed E-state index contributed by atoms with van der Waals surface area (Å²) in [6, 6.07) is 25.8. The van der Waals surface area contributed by atoms with Gasteiger partial charge in [0.25, 0.3) is 0 Å². The van der Waals surface area contributed by atoms with Crippen molar-refractivity contribution in [2.24, 2.45) is 5.92 Å². The number of halogens is 1. The minimum Gasteiger partial charge on any atom is -0.465 e. The molecule has 7 nitrogen and oxygen atoms in total. The van der Waals surface area contributed by atoms with Gasteiger partial charge >= 0.3 is 11.8 Å². The van der Waals surface area contributed by atoms with Crippen LogP contribution in [0.2, 0.25) is 5.02 Å². The van der Waals surface area contributed by atoms with Gasteiger partial charge in [-0.1, -0.05) is 73.1 Å². The van der Waals surface area contributed by atoms with Gasteiger partial charge < -0.3 is 15.0 Å². The van der Waals surface area contributed by atoms with Crippen LogP contribution in [0.4, 0.5) is 4.79 Å². The van der Waals surface area contributed by atoms with E-state index < -0.39 is 6.09 Å². The molecular weight excluding hydrogens is 500 g/mol. The van der Waals surface area contributed by atoms with E-state index in [1.165, 1.54) is 10.5 Å². The van der Waals surface area contributed by atoms with Crippen molar-refractivity contribution in [2.75, 3.05) is 13.1 Å². The molecule has 0 spiro atoms. The summed E-state index contributed by atoms with van der Waals surface area (Å²) < 4.78 is 1.86. The summed E-state index contributed by atoms with van der Waals surface area (Å²) in [4.78, 5) is 32.3. The number of nitrogens with zero attached hydrogens (tertiary/aromatic N) is 3. The Hall–Kier alpha value is -3.55. The van der Waals surface area contributed by atoms with Crippen molar-refractivity contribution in [1.29, 1.82) is 0 Å². The molecule has 38 heavy (non-hydrogen) atoms. The van der Waals surface area contributed by atoms with Crippen molar-refractivity contribution in [3.05, 3.63) is 105 Å². The summed E-state index contributed by atoms with van der Waals surface area (Å²) in [5.41, 5.74) is 3.78. The Morgan fingerprint density at radius 2 is 1.76 bits per heavy atom. The second-order valence-corrected chi connectivity index (χ2v) is 10.5. The first-order chi connectivity index (χ1) is 18.4. The first-order valence-electron chi connectivity index (χ1n) is 13.1. The highest BCUT2D eigenvalue weighted by atomic mass is 35.5. The Labute approximate surface area is 227 Å². The van der Waals surface area contributed by atoms with Crippen molar-refractivity contribution in [1.82, 2.24) is 19.4 Å². The zero-order valence-electron chi connectivity index (χ0n) is 21.5. The van der Waals surface area contributed by atoms with Crippen LogP contribution in [-0.4, -0.2) is 49.7 Å². The van der Waals surface area contributed by atoms with Crippen LogP contribution in [0.1, 0.15) is 36.9 Å². The molecule has 1 aromatic heterocycles. The van der Waals surface area contributed by atoms with Gasteiger partial charge in [0, 0.05) is 49.2 Å². The Balaban J connectivity index is 1.57. The lowest BCUT2D eigenvalue weighted by molar-refractivity contribution is 0.0341. The van der Waals surface area contributed by atoms with E-state index in [9.17, 15) is 14.7 Å². The van der Waals surface area contributed by atoms with Crippen LogP contribution in [0, 0.1) is 5.92 Å². The van der Waals surface area contributed by atoms with Crippen LogP contribution in [0.5, 0.6) is 0 Å². The molecule has 0 radical (unpaired) electrons. The summed E-state index contributed by atoms with van der Waals surface area (Å²) in [6.45, 7) is 4.27. The zero-order chi connectivity index (χ0) is 26.6. The molecule has 0 bridgehead atoms. The predicted molar refractivity (Wildman–Crippen MR) is 151 cm³/mol. The number of benzene rings is 3. The molecule has 3 aromatic carbocycles. The lowest BCUT2D eigenvalue weighted by Gasteiger charge is -2.45. The molecule has 1 aliphatic heterocycles. The van der Waals surface area contributed by atoms with Gasteiger partial charge in [-0.3, -0.25) is 9.47 Å². The van der Waals surface area contributed by atoms with Crippen LogP contribution in [-0.2, 0) is 13.1 Å². The maximum atomic E-state index is 13.2. The standard InChI is InChI=1S/C30H33ClN4O3/c1-2-26(34(18-21-9-4-3-5-10-21)19-22-11-8-12-23(31)17-22)24-20-33(30(37)38)16-15-27(24)35-28-14-7-6-13-25(28)32-29(35)36/h3-14,17,24,26-27H,2,15-16,18-20H2,1H3,(H,32,36)(H,37,38). The number of hydrogen-bond donors (Lipinski definition) is 2. The number of carboxylic acid groups (broad SMARTS) is 1. The third-order valence-corrected chi connectivity index (χ3v) is 7.97. The normalized spacial score (nSPS) is 18.7. The lowest BCUT2D eigenvalue weighted by Crippen LogP contribution is -2.53. The monoisotopic (exact) mass is 532 g/mol. The van der Waals surface area contributed by atoms with Gasteiger partial charge in [-0.25, -0.2) is 9.59 Å². The van der Waals surface area contributed by atoms with Crippen LogP contribution in [0.25, 0.3) is 11.0 Å². The molecular formula is C30H33ClN4O3. The highest BCUT2D eigenvalue weighted by molar-refractivity contribution is 6.30. The van der Waals surface area contributed by atoms with Crippen molar-refractivity contribution in [3.8, 4) is 0 Å². The number of piperidine rings is 1. The number of nitrogens with one attached hydrogen (secondary N) is 1. The zero-order valence-corrected chi connectivity index (χ0v) is 22.2. The molecule has 5 rings (SSSR count). The lowest BCUT2D eigenvalue weighted by atomic mass is 9.83. The molecule has 1 fully saturated rings. The predicted octanol–water partition coefficient (Wildman–Crippen LogP) is 6.01. The molecule has 8 heteroatoms. The number of imidazole rings is 1. The summed E-state index contributed by atoms with van der Waals surface area (Å²) in [5.74, 6) is -0.0929. The van der Waals surface area contributed by atoms with Gasteiger partial charge in [0.1, 0.15) is 0 Å². The molecule has 0 aliphatic carbocycles. The Morgan fingerprint density at radius 1 is 1.05 bits per heavy atom. The maximum absolute atomic E-state index is 13.2. The topological polar surface area (TPSA) is 81.6 Å². The van der Waals surface area contributed by atoms with Gasteiger partial charge in [-0.05, 0) is 48.2 Å².